The lowest BCUT2D eigenvalue weighted by Crippen LogP contribution is -2.30. The van der Waals surface area contributed by atoms with Gasteiger partial charge in [-0.15, -0.1) is 0 Å². The van der Waals surface area contributed by atoms with Crippen LogP contribution in [-0.4, -0.2) is 31.6 Å². The van der Waals surface area contributed by atoms with Crippen LogP contribution < -0.4 is 10.0 Å². The second kappa shape index (κ2) is 7.62. The number of hydrogen-bond donors (Lipinski definition) is 2. The molecule has 7 nitrogen and oxygen atoms in total. The van der Waals surface area contributed by atoms with Crippen LogP contribution in [-0.2, 0) is 14.8 Å². The summed E-state index contributed by atoms with van der Waals surface area (Å²) in [7, 11) is -3.69. The Morgan fingerprint density at radius 2 is 2.04 bits per heavy atom. The predicted octanol–water partition coefficient (Wildman–Crippen LogP) is 2.55. The van der Waals surface area contributed by atoms with Crippen molar-refractivity contribution in [1.29, 1.82) is 0 Å². The molecule has 134 valence electrons. The average molecular weight is 363 g/mol. The highest BCUT2D eigenvalue weighted by molar-refractivity contribution is 7.89. The van der Waals surface area contributed by atoms with Gasteiger partial charge in [0.05, 0.1) is 4.90 Å². The highest BCUT2D eigenvalue weighted by atomic mass is 32.2. The van der Waals surface area contributed by atoms with Crippen LogP contribution in [0.2, 0.25) is 0 Å². The number of pyridine rings is 1. The van der Waals surface area contributed by atoms with Gasteiger partial charge in [-0.25, -0.2) is 17.9 Å². The molecule has 0 saturated heterocycles. The van der Waals surface area contributed by atoms with Crippen LogP contribution >= 0.6 is 0 Å². The maximum Gasteiger partial charge on any atom is 0.411 e. The van der Waals surface area contributed by atoms with Crippen molar-refractivity contribution in [3.8, 4) is 0 Å². The van der Waals surface area contributed by atoms with Gasteiger partial charge in [-0.3, -0.25) is 10.3 Å². The summed E-state index contributed by atoms with van der Waals surface area (Å²) >= 11 is 0. The van der Waals surface area contributed by atoms with Crippen molar-refractivity contribution in [3.63, 3.8) is 0 Å². The van der Waals surface area contributed by atoms with Crippen molar-refractivity contribution in [1.82, 2.24) is 15.0 Å². The Hall–Kier alpha value is -2.45. The highest BCUT2D eigenvalue weighted by Crippen LogP contribution is 2.21. The summed E-state index contributed by atoms with van der Waals surface area (Å²) in [5, 5.41) is 3.75. The fourth-order valence-corrected chi connectivity index (χ4v) is 3.26. The largest absolute Gasteiger partial charge is 0.444 e. The molecule has 1 heterocycles. The van der Waals surface area contributed by atoms with E-state index >= 15 is 0 Å². The molecule has 0 radical (unpaired) electrons. The van der Waals surface area contributed by atoms with Gasteiger partial charge in [0.15, 0.2) is 0 Å². The molecule has 8 heteroatoms. The van der Waals surface area contributed by atoms with E-state index in [0.29, 0.717) is 5.39 Å². The number of rotatable bonds is 5. The molecule has 0 atom stereocenters. The lowest BCUT2D eigenvalue weighted by Gasteiger charge is -2.18. The van der Waals surface area contributed by atoms with Crippen molar-refractivity contribution < 1.29 is 17.9 Å². The quantitative estimate of drug-likeness (QED) is 0.851. The highest BCUT2D eigenvalue weighted by Gasteiger charge is 2.16. The molecule has 1 amide bonds. The number of nitrogens with zero attached hydrogens (tertiary/aromatic N) is 1. The first-order valence-corrected chi connectivity index (χ1v) is 9.14. The molecule has 0 fully saturated rings. The van der Waals surface area contributed by atoms with Crippen LogP contribution in [0.15, 0.2) is 53.8 Å². The molecule has 2 aromatic rings. The van der Waals surface area contributed by atoms with Gasteiger partial charge in [-0.1, -0.05) is 18.2 Å². The number of hydrogen-bond acceptors (Lipinski definition) is 5. The summed E-state index contributed by atoms with van der Waals surface area (Å²) in [5.74, 6) is 0. The maximum atomic E-state index is 12.5. The van der Waals surface area contributed by atoms with E-state index in [4.69, 9.17) is 4.74 Å². The van der Waals surface area contributed by atoms with E-state index in [1.54, 1.807) is 51.4 Å². The van der Waals surface area contributed by atoms with E-state index < -0.39 is 21.7 Å². The molecule has 1 aromatic carbocycles. The summed E-state index contributed by atoms with van der Waals surface area (Å²) in [6, 6.07) is 6.65. The molecule has 2 rings (SSSR count). The number of carbonyl (C=O) groups excluding carboxylic acids is 1. The number of fused-ring (bicyclic) bond motifs is 1. The zero-order valence-corrected chi connectivity index (χ0v) is 15.1. The third-order valence-corrected chi connectivity index (χ3v) is 4.52. The van der Waals surface area contributed by atoms with Crippen LogP contribution in [0.3, 0.4) is 0 Å². The monoisotopic (exact) mass is 363 g/mol. The maximum absolute atomic E-state index is 12.5. The summed E-state index contributed by atoms with van der Waals surface area (Å²) in [6.45, 7) is 5.29. The number of benzene rings is 1. The minimum atomic E-state index is -3.69. The minimum absolute atomic E-state index is 0.0274. The fourth-order valence-electron chi connectivity index (χ4n) is 2.06. The van der Waals surface area contributed by atoms with Gasteiger partial charge in [-0.2, -0.15) is 0 Å². The van der Waals surface area contributed by atoms with Crippen LogP contribution in [0.4, 0.5) is 4.79 Å². The van der Waals surface area contributed by atoms with Crippen LogP contribution in [0, 0.1) is 0 Å². The third-order valence-electron chi connectivity index (χ3n) is 3.04. The molecule has 2 N–H and O–H groups in total. The van der Waals surface area contributed by atoms with E-state index in [1.807, 2.05) is 0 Å². The van der Waals surface area contributed by atoms with E-state index in [-0.39, 0.29) is 11.4 Å². The molecule has 0 spiro atoms. The van der Waals surface area contributed by atoms with E-state index in [2.05, 4.69) is 15.0 Å². The zero-order valence-electron chi connectivity index (χ0n) is 14.3. The molecule has 0 bridgehead atoms. The van der Waals surface area contributed by atoms with Crippen LogP contribution in [0.25, 0.3) is 10.8 Å². The third kappa shape index (κ3) is 5.54. The number of aromatic nitrogens is 1. The zero-order chi connectivity index (χ0) is 18.5. The Labute approximate surface area is 147 Å². The van der Waals surface area contributed by atoms with Gasteiger partial charge < -0.3 is 4.74 Å². The number of nitrogens with one attached hydrogen (secondary N) is 2. The average Bonchev–Trinajstić information content (AvgIpc) is 2.52. The summed E-state index contributed by atoms with van der Waals surface area (Å²) in [6.07, 6.45) is 5.37. The second-order valence-electron chi connectivity index (χ2n) is 6.25. The number of carbonyl (C=O) groups is 1. The smallest absolute Gasteiger partial charge is 0.411 e. The Kier molecular flexibility index (Phi) is 5.76. The van der Waals surface area contributed by atoms with Crippen molar-refractivity contribution >= 4 is 26.9 Å². The molecule has 1 aromatic heterocycles. The van der Waals surface area contributed by atoms with Crippen molar-refractivity contribution in [3.05, 3.63) is 48.9 Å². The Bertz CT molecular complexity index is 881. The van der Waals surface area contributed by atoms with Gasteiger partial charge in [0, 0.05) is 35.9 Å². The normalized spacial score (nSPS) is 12.4. The van der Waals surface area contributed by atoms with Crippen molar-refractivity contribution in [2.24, 2.45) is 0 Å². The second-order valence-corrected chi connectivity index (χ2v) is 7.99. The molecule has 0 aliphatic heterocycles. The standard InChI is InChI=1S/C17H21N3O4S/c1-17(2,3)24-16(21)19-9-5-10-20-25(22,23)15-7-4-6-13-12-18-11-8-14(13)15/h4-9,11-12,20H,10H2,1-3H3,(H,19,21). The van der Waals surface area contributed by atoms with Crippen LogP contribution in [0.1, 0.15) is 20.8 Å². The molecule has 0 aliphatic rings. The van der Waals surface area contributed by atoms with Gasteiger partial charge >= 0.3 is 6.09 Å². The molecule has 0 saturated carbocycles. The van der Waals surface area contributed by atoms with Gasteiger partial charge in [0.1, 0.15) is 5.60 Å². The number of amides is 1. The summed E-state index contributed by atoms with van der Waals surface area (Å²) in [5.41, 5.74) is -0.595. The van der Waals surface area contributed by atoms with E-state index in [9.17, 15) is 13.2 Å². The number of sulfonamides is 1. The number of ether oxygens (including phenoxy) is 1. The Balaban J connectivity index is 1.98. The topological polar surface area (TPSA) is 97.4 Å². The Morgan fingerprint density at radius 1 is 1.28 bits per heavy atom. The van der Waals surface area contributed by atoms with Gasteiger partial charge in [0.2, 0.25) is 10.0 Å². The molecule has 0 aliphatic carbocycles. The first kappa shape index (κ1) is 18.9. The lowest BCUT2D eigenvalue weighted by molar-refractivity contribution is 0.0552. The van der Waals surface area contributed by atoms with Crippen LogP contribution in [0.5, 0.6) is 0 Å². The molecular formula is C17H21N3O4S. The summed E-state index contributed by atoms with van der Waals surface area (Å²) in [4.78, 5) is 15.6. The molecule has 25 heavy (non-hydrogen) atoms. The number of alkyl carbamates (subject to hydrolysis) is 1. The fraction of sp³-hybridized carbons (Fsp3) is 0.294. The molecular weight excluding hydrogens is 342 g/mol. The summed E-state index contributed by atoms with van der Waals surface area (Å²) < 4.78 is 32.4. The Morgan fingerprint density at radius 3 is 2.76 bits per heavy atom. The van der Waals surface area contributed by atoms with Gasteiger partial charge in [0.25, 0.3) is 0 Å². The van der Waals surface area contributed by atoms with E-state index in [1.165, 1.54) is 18.3 Å². The molecule has 0 unspecified atom stereocenters. The minimum Gasteiger partial charge on any atom is -0.444 e. The first-order valence-electron chi connectivity index (χ1n) is 7.66. The van der Waals surface area contributed by atoms with E-state index in [0.717, 1.165) is 5.39 Å². The van der Waals surface area contributed by atoms with Gasteiger partial charge in [-0.05, 0) is 32.9 Å². The SMILES string of the molecule is CC(C)(C)OC(=O)NC=CCNS(=O)(=O)c1cccc2cnccc12. The lowest BCUT2D eigenvalue weighted by atomic mass is 10.2. The van der Waals surface area contributed by atoms with Crippen molar-refractivity contribution in [2.75, 3.05) is 6.54 Å². The predicted molar refractivity (Wildman–Crippen MR) is 95.4 cm³/mol. The first-order chi connectivity index (χ1) is 11.7. The van der Waals surface area contributed by atoms with Crippen molar-refractivity contribution in [2.45, 2.75) is 31.3 Å².